The van der Waals surface area contributed by atoms with E-state index in [9.17, 15) is 0 Å². The summed E-state index contributed by atoms with van der Waals surface area (Å²) in [6.45, 7) is 3.48. The van der Waals surface area contributed by atoms with E-state index in [1.807, 2.05) is 11.8 Å². The summed E-state index contributed by atoms with van der Waals surface area (Å²) in [5.41, 5.74) is 3.28. The Bertz CT molecular complexity index is 571. The number of hydrogen-bond donors (Lipinski definition) is 2. The van der Waals surface area contributed by atoms with Gasteiger partial charge in [-0.15, -0.1) is 0 Å². The summed E-state index contributed by atoms with van der Waals surface area (Å²) in [6.07, 6.45) is 8.29. The Morgan fingerprint density at radius 1 is 1.35 bits per heavy atom. The van der Waals surface area contributed by atoms with Crippen LogP contribution in [0.3, 0.4) is 0 Å². The molecule has 1 saturated carbocycles. The van der Waals surface area contributed by atoms with Gasteiger partial charge < -0.3 is 10.3 Å². The zero-order chi connectivity index (χ0) is 14.0. The molecule has 0 radical (unpaired) electrons. The number of thioether (sulfide) groups is 1. The van der Waals surface area contributed by atoms with Gasteiger partial charge in [-0.2, -0.15) is 11.8 Å². The Morgan fingerprint density at radius 3 is 2.90 bits per heavy atom. The predicted molar refractivity (Wildman–Crippen MR) is 89.5 cm³/mol. The number of aromatic amines is 1. The van der Waals surface area contributed by atoms with Crippen molar-refractivity contribution in [2.75, 3.05) is 18.6 Å². The fourth-order valence-corrected chi connectivity index (χ4v) is 3.95. The topological polar surface area (TPSA) is 27.8 Å². The van der Waals surface area contributed by atoms with Crippen molar-refractivity contribution in [3.8, 4) is 0 Å². The molecule has 0 spiro atoms. The van der Waals surface area contributed by atoms with E-state index in [4.69, 9.17) is 0 Å². The Morgan fingerprint density at radius 2 is 2.15 bits per heavy atom. The fraction of sp³-hybridized carbons (Fsp3) is 0.529. The molecular formula is C17H24N2S. The van der Waals surface area contributed by atoms with Gasteiger partial charge in [0, 0.05) is 29.7 Å². The molecule has 1 atom stereocenters. The molecular weight excluding hydrogens is 264 g/mol. The second kappa shape index (κ2) is 5.82. The lowest BCUT2D eigenvalue weighted by Gasteiger charge is -2.19. The molecule has 3 rings (SSSR count). The standard InChI is InChI=1S/C17H24N2S/c1-13(19-11-17(7-8-17)12-20-2)9-14-10-18-16-6-4-3-5-15(14)16/h3-6,10,13,18-19H,7-9,11-12H2,1-2H3/t13-/m1/s1. The van der Waals surface area contributed by atoms with E-state index in [0.29, 0.717) is 11.5 Å². The second-order valence-corrected chi connectivity index (χ2v) is 7.14. The van der Waals surface area contributed by atoms with Crippen LogP contribution in [0.5, 0.6) is 0 Å². The van der Waals surface area contributed by atoms with Crippen molar-refractivity contribution < 1.29 is 0 Å². The largest absolute Gasteiger partial charge is 0.361 e. The van der Waals surface area contributed by atoms with Gasteiger partial charge >= 0.3 is 0 Å². The molecule has 0 saturated heterocycles. The third-order valence-corrected chi connectivity index (χ3v) is 5.34. The molecule has 20 heavy (non-hydrogen) atoms. The third-order valence-electron chi connectivity index (χ3n) is 4.43. The van der Waals surface area contributed by atoms with Crippen molar-refractivity contribution in [3.05, 3.63) is 36.0 Å². The van der Waals surface area contributed by atoms with E-state index < -0.39 is 0 Å². The number of nitrogens with one attached hydrogen (secondary N) is 2. The van der Waals surface area contributed by atoms with Crippen molar-refractivity contribution >= 4 is 22.7 Å². The van der Waals surface area contributed by atoms with Crippen LogP contribution in [0.25, 0.3) is 10.9 Å². The Hall–Kier alpha value is -0.930. The summed E-state index contributed by atoms with van der Waals surface area (Å²) in [5.74, 6) is 1.31. The predicted octanol–water partition coefficient (Wildman–Crippen LogP) is 3.83. The van der Waals surface area contributed by atoms with Gasteiger partial charge in [0.2, 0.25) is 0 Å². The number of hydrogen-bond acceptors (Lipinski definition) is 2. The first-order valence-electron chi connectivity index (χ1n) is 7.50. The number of aromatic nitrogens is 1. The number of H-pyrrole nitrogens is 1. The van der Waals surface area contributed by atoms with Crippen molar-refractivity contribution in [3.63, 3.8) is 0 Å². The van der Waals surface area contributed by atoms with Gasteiger partial charge in [-0.05, 0) is 55.2 Å². The molecule has 2 aromatic rings. The number of benzene rings is 1. The van der Waals surface area contributed by atoms with Gasteiger partial charge in [-0.1, -0.05) is 18.2 Å². The molecule has 2 N–H and O–H groups in total. The maximum absolute atomic E-state index is 3.75. The SMILES string of the molecule is CSCC1(CN[C@H](C)Cc2c[nH]c3ccccc23)CC1. The lowest BCUT2D eigenvalue weighted by Crippen LogP contribution is -2.34. The summed E-state index contributed by atoms with van der Waals surface area (Å²) < 4.78 is 0. The molecule has 1 heterocycles. The molecule has 1 aromatic carbocycles. The molecule has 0 amide bonds. The number of rotatable bonds is 7. The molecule has 1 aliphatic carbocycles. The van der Waals surface area contributed by atoms with E-state index >= 15 is 0 Å². The molecule has 0 aliphatic heterocycles. The highest BCUT2D eigenvalue weighted by molar-refractivity contribution is 7.98. The normalized spacial score (nSPS) is 18.3. The Balaban J connectivity index is 1.57. The molecule has 2 nitrogen and oxygen atoms in total. The van der Waals surface area contributed by atoms with E-state index in [-0.39, 0.29) is 0 Å². The van der Waals surface area contributed by atoms with Crippen molar-refractivity contribution in [2.24, 2.45) is 5.41 Å². The van der Waals surface area contributed by atoms with Crippen LogP contribution in [0.2, 0.25) is 0 Å². The van der Waals surface area contributed by atoms with Crippen LogP contribution in [-0.2, 0) is 6.42 Å². The minimum absolute atomic E-state index is 0.536. The highest BCUT2D eigenvalue weighted by atomic mass is 32.2. The zero-order valence-corrected chi connectivity index (χ0v) is 13.2. The molecule has 1 fully saturated rings. The lowest BCUT2D eigenvalue weighted by atomic mass is 10.0. The summed E-state index contributed by atoms with van der Waals surface area (Å²) in [6, 6.07) is 9.10. The lowest BCUT2D eigenvalue weighted by molar-refractivity contribution is 0.453. The first-order chi connectivity index (χ1) is 9.72. The maximum atomic E-state index is 3.75. The van der Waals surface area contributed by atoms with Gasteiger partial charge in [0.05, 0.1) is 0 Å². The summed E-state index contributed by atoms with van der Waals surface area (Å²) in [4.78, 5) is 3.37. The van der Waals surface area contributed by atoms with Crippen LogP contribution in [0, 0.1) is 5.41 Å². The Kier molecular flexibility index (Phi) is 4.08. The molecule has 1 aliphatic rings. The average molecular weight is 288 g/mol. The molecule has 3 heteroatoms. The van der Waals surface area contributed by atoms with Crippen molar-refractivity contribution in [1.29, 1.82) is 0 Å². The molecule has 1 aromatic heterocycles. The van der Waals surface area contributed by atoms with E-state index in [1.54, 1.807) is 0 Å². The fourth-order valence-electron chi connectivity index (χ4n) is 2.95. The third kappa shape index (κ3) is 3.04. The maximum Gasteiger partial charge on any atom is 0.0456 e. The average Bonchev–Trinajstić information content (AvgIpc) is 3.11. The smallest absolute Gasteiger partial charge is 0.0456 e. The highest BCUT2D eigenvalue weighted by Gasteiger charge is 2.41. The van der Waals surface area contributed by atoms with E-state index in [2.05, 4.69) is 53.9 Å². The van der Waals surface area contributed by atoms with Crippen LogP contribution in [0.1, 0.15) is 25.3 Å². The van der Waals surface area contributed by atoms with Gasteiger partial charge in [-0.25, -0.2) is 0 Å². The minimum atomic E-state index is 0.536. The van der Waals surface area contributed by atoms with Crippen LogP contribution >= 0.6 is 11.8 Å². The van der Waals surface area contributed by atoms with Crippen molar-refractivity contribution in [1.82, 2.24) is 10.3 Å². The molecule has 0 unspecified atom stereocenters. The first-order valence-corrected chi connectivity index (χ1v) is 8.89. The zero-order valence-electron chi connectivity index (χ0n) is 12.4. The quantitative estimate of drug-likeness (QED) is 0.810. The van der Waals surface area contributed by atoms with E-state index in [0.717, 1.165) is 6.42 Å². The summed E-state index contributed by atoms with van der Waals surface area (Å²) in [7, 11) is 0. The van der Waals surface area contributed by atoms with Crippen LogP contribution in [-0.4, -0.2) is 29.6 Å². The summed E-state index contributed by atoms with van der Waals surface area (Å²) in [5, 5.41) is 5.11. The van der Waals surface area contributed by atoms with Crippen LogP contribution in [0.4, 0.5) is 0 Å². The van der Waals surface area contributed by atoms with Crippen LogP contribution in [0.15, 0.2) is 30.5 Å². The minimum Gasteiger partial charge on any atom is -0.361 e. The molecule has 108 valence electrons. The number of fused-ring (bicyclic) bond motifs is 1. The van der Waals surface area contributed by atoms with Gasteiger partial charge in [0.15, 0.2) is 0 Å². The van der Waals surface area contributed by atoms with Gasteiger partial charge in [0.25, 0.3) is 0 Å². The molecule has 0 bridgehead atoms. The van der Waals surface area contributed by atoms with Gasteiger partial charge in [-0.3, -0.25) is 0 Å². The Labute approximate surface area is 125 Å². The van der Waals surface area contributed by atoms with Crippen molar-refractivity contribution in [2.45, 2.75) is 32.2 Å². The van der Waals surface area contributed by atoms with Gasteiger partial charge in [0.1, 0.15) is 0 Å². The number of para-hydroxylation sites is 1. The monoisotopic (exact) mass is 288 g/mol. The first kappa shape index (κ1) is 14.0. The second-order valence-electron chi connectivity index (χ2n) is 6.28. The van der Waals surface area contributed by atoms with Crippen LogP contribution < -0.4 is 5.32 Å². The summed E-state index contributed by atoms with van der Waals surface area (Å²) >= 11 is 1.98. The highest BCUT2D eigenvalue weighted by Crippen LogP contribution is 2.47. The van der Waals surface area contributed by atoms with E-state index in [1.165, 1.54) is 41.6 Å².